The predicted molar refractivity (Wildman–Crippen MR) is 70.6 cm³/mol. The van der Waals surface area contributed by atoms with Crippen LogP contribution in [0.3, 0.4) is 0 Å². The molecule has 0 atom stereocenters. The van der Waals surface area contributed by atoms with E-state index < -0.39 is 0 Å². The molecule has 0 unspecified atom stereocenters. The Balaban J connectivity index is 2.54. The summed E-state index contributed by atoms with van der Waals surface area (Å²) in [5.74, 6) is 5.16. The van der Waals surface area contributed by atoms with Gasteiger partial charge in [0, 0.05) is 5.39 Å². The molecule has 0 aliphatic rings. The number of ether oxygens (including phenoxy) is 1. The van der Waals surface area contributed by atoms with E-state index in [-0.39, 0.29) is 5.91 Å². The maximum atomic E-state index is 11.9. The molecule has 0 bridgehead atoms. The first-order valence-electron chi connectivity index (χ1n) is 5.36. The lowest BCUT2D eigenvalue weighted by atomic mass is 10.0. The van der Waals surface area contributed by atoms with Crippen LogP contribution in [0, 0.1) is 0 Å². The van der Waals surface area contributed by atoms with Crippen LogP contribution in [0.1, 0.15) is 10.4 Å². The van der Waals surface area contributed by atoms with Crippen molar-refractivity contribution in [1.29, 1.82) is 0 Å². The number of hydrogen-bond donors (Lipinski definition) is 2. The Bertz CT molecular complexity index is 608. The summed E-state index contributed by atoms with van der Waals surface area (Å²) in [7, 11) is 1.54. The van der Waals surface area contributed by atoms with Gasteiger partial charge in [0.2, 0.25) is 0 Å². The third kappa shape index (κ3) is 2.10. The molecule has 92 valence electrons. The van der Waals surface area contributed by atoms with Gasteiger partial charge in [0.25, 0.3) is 5.91 Å². The normalized spacial score (nSPS) is 10.7. The minimum Gasteiger partial charge on any atom is -0.495 e. The van der Waals surface area contributed by atoms with Crippen LogP contribution in [-0.2, 0) is 0 Å². The largest absolute Gasteiger partial charge is 0.495 e. The Morgan fingerprint density at radius 2 is 2.11 bits per heavy atom. The molecule has 0 aliphatic heterocycles. The van der Waals surface area contributed by atoms with Gasteiger partial charge in [-0.25, -0.2) is 0 Å². The topological polar surface area (TPSA) is 76.7 Å². The first kappa shape index (κ1) is 11.9. The molecule has 0 saturated carbocycles. The van der Waals surface area contributed by atoms with Crippen molar-refractivity contribution in [1.82, 2.24) is 5.32 Å². The first-order valence-corrected chi connectivity index (χ1v) is 5.36. The van der Waals surface area contributed by atoms with Gasteiger partial charge in [-0.3, -0.25) is 4.79 Å². The maximum Gasteiger partial charge on any atom is 0.260 e. The van der Waals surface area contributed by atoms with Crippen molar-refractivity contribution in [2.75, 3.05) is 7.11 Å². The monoisotopic (exact) mass is 243 g/mol. The Morgan fingerprint density at radius 1 is 1.33 bits per heavy atom. The number of carbonyl (C=O) groups is 1. The first-order chi connectivity index (χ1) is 8.77. The van der Waals surface area contributed by atoms with Crippen molar-refractivity contribution in [3.8, 4) is 5.75 Å². The summed E-state index contributed by atoms with van der Waals surface area (Å²) in [4.78, 5) is 11.9. The minimum atomic E-state index is -0.313. The molecule has 0 heterocycles. The summed E-state index contributed by atoms with van der Waals surface area (Å²) in [5.41, 5.74) is 0.441. The number of fused-ring (bicyclic) bond motifs is 1. The van der Waals surface area contributed by atoms with Crippen LogP contribution in [0.4, 0.5) is 0 Å². The number of amides is 1. The van der Waals surface area contributed by atoms with E-state index in [1.54, 1.807) is 6.07 Å². The van der Waals surface area contributed by atoms with E-state index in [0.29, 0.717) is 11.3 Å². The van der Waals surface area contributed by atoms with Crippen molar-refractivity contribution >= 4 is 23.0 Å². The Labute approximate surface area is 104 Å². The molecule has 0 aliphatic carbocycles. The van der Waals surface area contributed by atoms with Gasteiger partial charge >= 0.3 is 0 Å². The van der Waals surface area contributed by atoms with E-state index in [9.17, 15) is 4.79 Å². The zero-order valence-electron chi connectivity index (χ0n) is 9.88. The Morgan fingerprint density at radius 3 is 2.83 bits per heavy atom. The fraction of sp³-hybridized carbons (Fsp3) is 0.0769. The average Bonchev–Trinajstić information content (AvgIpc) is 2.43. The number of hydrogen-bond acceptors (Lipinski definition) is 4. The van der Waals surface area contributed by atoms with Crippen LogP contribution in [0.25, 0.3) is 10.8 Å². The molecule has 0 fully saturated rings. The number of benzene rings is 2. The summed E-state index contributed by atoms with van der Waals surface area (Å²) < 4.78 is 5.32. The van der Waals surface area contributed by atoms with Crippen LogP contribution in [0.2, 0.25) is 0 Å². The number of methoxy groups -OCH3 is 1. The van der Waals surface area contributed by atoms with Crippen molar-refractivity contribution in [3.63, 3.8) is 0 Å². The van der Waals surface area contributed by atoms with Crippen molar-refractivity contribution < 1.29 is 9.53 Å². The lowest BCUT2D eigenvalue weighted by Gasteiger charge is -2.10. The van der Waals surface area contributed by atoms with Gasteiger partial charge in [-0.05, 0) is 11.5 Å². The van der Waals surface area contributed by atoms with Crippen LogP contribution in [0.15, 0.2) is 41.5 Å². The quantitative estimate of drug-likeness (QED) is 0.371. The van der Waals surface area contributed by atoms with Gasteiger partial charge in [-0.2, -0.15) is 5.10 Å². The van der Waals surface area contributed by atoms with Gasteiger partial charge in [-0.15, -0.1) is 0 Å². The van der Waals surface area contributed by atoms with Crippen molar-refractivity contribution in [3.05, 3.63) is 42.0 Å². The molecule has 0 spiro atoms. The fourth-order valence-corrected chi connectivity index (χ4v) is 1.82. The van der Waals surface area contributed by atoms with E-state index in [0.717, 1.165) is 17.1 Å². The molecule has 2 aromatic carbocycles. The highest BCUT2D eigenvalue weighted by molar-refractivity contribution is 6.07. The second kappa shape index (κ2) is 5.18. The lowest BCUT2D eigenvalue weighted by molar-refractivity contribution is 0.0975. The molecular weight excluding hydrogens is 230 g/mol. The molecule has 5 heteroatoms. The Kier molecular flexibility index (Phi) is 3.43. The van der Waals surface area contributed by atoms with Crippen LogP contribution >= 0.6 is 0 Å². The minimum absolute atomic E-state index is 0.313. The predicted octanol–water partition coefficient (Wildman–Crippen LogP) is 1.48. The molecule has 0 aromatic heterocycles. The molecular formula is C13H13N3O2. The third-order valence-electron chi connectivity index (χ3n) is 2.60. The van der Waals surface area contributed by atoms with Gasteiger partial charge in [0.1, 0.15) is 12.1 Å². The van der Waals surface area contributed by atoms with Gasteiger partial charge < -0.3 is 15.9 Å². The Hall–Kier alpha value is -2.56. The van der Waals surface area contributed by atoms with Crippen LogP contribution in [0.5, 0.6) is 5.75 Å². The molecule has 5 nitrogen and oxygen atoms in total. The summed E-state index contributed by atoms with van der Waals surface area (Å²) >= 11 is 0. The number of nitrogens with zero attached hydrogens (tertiary/aromatic N) is 1. The van der Waals surface area contributed by atoms with Gasteiger partial charge in [0.05, 0.1) is 12.7 Å². The molecule has 18 heavy (non-hydrogen) atoms. The molecule has 2 rings (SSSR count). The highest BCUT2D eigenvalue weighted by atomic mass is 16.5. The molecule has 1 amide bonds. The standard InChI is InChI=1S/C13H13N3O2/c1-18-12-10-5-3-2-4-9(10)6-7-11(12)13(17)15-8-16-14/h2-8H,14H2,1H3,(H,15,16,17). The third-order valence-corrected chi connectivity index (χ3v) is 2.60. The molecule has 2 aromatic rings. The summed E-state index contributed by atoms with van der Waals surface area (Å²) in [6.07, 6.45) is 1.14. The zero-order chi connectivity index (χ0) is 13.0. The summed E-state index contributed by atoms with van der Waals surface area (Å²) in [6.45, 7) is 0. The number of nitrogens with two attached hydrogens (primary N) is 1. The van der Waals surface area contributed by atoms with Gasteiger partial charge in [-0.1, -0.05) is 30.3 Å². The maximum absolute atomic E-state index is 11.9. The number of hydrazone groups is 1. The lowest BCUT2D eigenvalue weighted by Crippen LogP contribution is -2.22. The number of rotatable bonds is 3. The molecule has 3 N–H and O–H groups in total. The average molecular weight is 243 g/mol. The van der Waals surface area contributed by atoms with E-state index in [2.05, 4.69) is 10.4 Å². The van der Waals surface area contributed by atoms with E-state index in [4.69, 9.17) is 10.6 Å². The summed E-state index contributed by atoms with van der Waals surface area (Å²) in [5, 5.41) is 7.57. The van der Waals surface area contributed by atoms with Crippen LogP contribution in [-0.4, -0.2) is 19.4 Å². The van der Waals surface area contributed by atoms with E-state index >= 15 is 0 Å². The second-order valence-electron chi connectivity index (χ2n) is 3.62. The second-order valence-corrected chi connectivity index (χ2v) is 3.62. The van der Waals surface area contributed by atoms with Crippen molar-refractivity contribution in [2.24, 2.45) is 10.9 Å². The van der Waals surface area contributed by atoms with E-state index in [1.165, 1.54) is 7.11 Å². The highest BCUT2D eigenvalue weighted by Crippen LogP contribution is 2.29. The molecule has 0 saturated heterocycles. The van der Waals surface area contributed by atoms with E-state index in [1.807, 2.05) is 30.3 Å². The smallest absolute Gasteiger partial charge is 0.260 e. The van der Waals surface area contributed by atoms with Gasteiger partial charge in [0.15, 0.2) is 0 Å². The number of nitrogens with one attached hydrogen (secondary N) is 1. The SMILES string of the molecule is COc1c(C(=O)N/C=N/N)ccc2ccccc12. The molecule has 0 radical (unpaired) electrons. The van der Waals surface area contributed by atoms with Crippen molar-refractivity contribution in [2.45, 2.75) is 0 Å². The zero-order valence-corrected chi connectivity index (χ0v) is 9.88. The summed E-state index contributed by atoms with van der Waals surface area (Å²) in [6, 6.07) is 11.3. The fourth-order valence-electron chi connectivity index (χ4n) is 1.82. The highest BCUT2D eigenvalue weighted by Gasteiger charge is 2.13. The van der Waals surface area contributed by atoms with Crippen LogP contribution < -0.4 is 15.9 Å². The number of carbonyl (C=O) groups excluding carboxylic acids is 1.